The van der Waals surface area contributed by atoms with Gasteiger partial charge in [-0.1, -0.05) is 11.6 Å². The van der Waals surface area contributed by atoms with Crippen molar-refractivity contribution in [3.05, 3.63) is 29.3 Å². The number of carbonyl (C=O) groups excluding carboxylic acids is 2. The number of rotatable bonds is 2. The number of anilines is 1. The van der Waals surface area contributed by atoms with E-state index in [0.29, 0.717) is 43.0 Å². The fraction of sp³-hybridized carbons (Fsp3) is 0.400. The van der Waals surface area contributed by atoms with Crippen LogP contribution in [0.25, 0.3) is 0 Å². The quantitative estimate of drug-likeness (QED) is 0.839. The van der Waals surface area contributed by atoms with Gasteiger partial charge in [-0.25, -0.2) is 4.99 Å². The summed E-state index contributed by atoms with van der Waals surface area (Å²) in [5.74, 6) is -0.0773. The zero-order valence-electron chi connectivity index (χ0n) is 12.4. The number of morpholine rings is 1. The lowest BCUT2D eigenvalue weighted by molar-refractivity contribution is -0.125. The van der Waals surface area contributed by atoms with Gasteiger partial charge in [0, 0.05) is 23.8 Å². The van der Waals surface area contributed by atoms with Crippen LogP contribution in [0.5, 0.6) is 0 Å². The number of benzene rings is 1. The Hall–Kier alpha value is -2.12. The van der Waals surface area contributed by atoms with Gasteiger partial charge in [0.15, 0.2) is 0 Å². The third-order valence-corrected chi connectivity index (χ3v) is 3.89. The molecule has 1 fully saturated rings. The summed E-state index contributed by atoms with van der Waals surface area (Å²) in [5, 5.41) is 6.07. The van der Waals surface area contributed by atoms with Crippen molar-refractivity contribution in [2.75, 3.05) is 31.6 Å². The number of carbonyl (C=O) groups is 2. The molecule has 0 bridgehead atoms. The van der Waals surface area contributed by atoms with Gasteiger partial charge >= 0.3 is 0 Å². The first kappa shape index (κ1) is 15.8. The number of nitrogens with one attached hydrogen (secondary N) is 2. The molecule has 0 radical (unpaired) electrons. The van der Waals surface area contributed by atoms with Gasteiger partial charge in [-0.2, -0.15) is 0 Å². The third-order valence-electron chi connectivity index (χ3n) is 3.63. The first-order chi connectivity index (χ1) is 11.1. The van der Waals surface area contributed by atoms with Gasteiger partial charge in [0.05, 0.1) is 19.6 Å². The van der Waals surface area contributed by atoms with Gasteiger partial charge in [-0.3, -0.25) is 14.9 Å². The van der Waals surface area contributed by atoms with E-state index in [9.17, 15) is 9.59 Å². The molecule has 2 aliphatic heterocycles. The molecule has 1 aromatic carbocycles. The lowest BCUT2D eigenvalue weighted by Crippen LogP contribution is -2.53. The maximum Gasteiger partial charge on any atom is 0.249 e. The zero-order chi connectivity index (χ0) is 16.2. The van der Waals surface area contributed by atoms with E-state index >= 15 is 0 Å². The van der Waals surface area contributed by atoms with Crippen LogP contribution in [0.1, 0.15) is 6.42 Å². The number of nitrogens with zero attached hydrogens (tertiary/aromatic N) is 2. The van der Waals surface area contributed by atoms with Crippen LogP contribution in [-0.2, 0) is 14.3 Å². The van der Waals surface area contributed by atoms with Crippen molar-refractivity contribution in [3.63, 3.8) is 0 Å². The van der Waals surface area contributed by atoms with Crippen LogP contribution in [0.3, 0.4) is 0 Å². The summed E-state index contributed by atoms with van der Waals surface area (Å²) < 4.78 is 5.28. The van der Waals surface area contributed by atoms with Gasteiger partial charge in [-0.05, 0) is 24.3 Å². The monoisotopic (exact) mass is 336 g/mol. The van der Waals surface area contributed by atoms with Crippen molar-refractivity contribution in [1.29, 1.82) is 0 Å². The maximum absolute atomic E-state index is 12.4. The Balaban J connectivity index is 1.70. The first-order valence-corrected chi connectivity index (χ1v) is 7.76. The Kier molecular flexibility index (Phi) is 4.78. The van der Waals surface area contributed by atoms with Crippen LogP contribution in [-0.4, -0.2) is 55.0 Å². The largest absolute Gasteiger partial charge is 0.378 e. The van der Waals surface area contributed by atoms with Gasteiger partial charge in [0.25, 0.3) is 0 Å². The summed E-state index contributed by atoms with van der Waals surface area (Å²) in [7, 11) is 0. The molecule has 1 saturated heterocycles. The number of ether oxygens (including phenoxy) is 1. The smallest absolute Gasteiger partial charge is 0.249 e. The average molecular weight is 337 g/mol. The van der Waals surface area contributed by atoms with Crippen molar-refractivity contribution in [2.24, 2.45) is 4.99 Å². The first-order valence-electron chi connectivity index (χ1n) is 7.38. The standard InChI is InChI=1S/C15H17ClN4O3/c16-10-1-3-11(4-2-10)17-14(22)12-9-13(21)19-15(18-12)20-5-7-23-8-6-20/h1-4,12H,5-9H2,(H,17,22)(H,18,19,21)/t12-/m1/s1. The Morgan fingerprint density at radius 3 is 2.70 bits per heavy atom. The van der Waals surface area contributed by atoms with Crippen LogP contribution in [0, 0.1) is 0 Å². The Bertz CT molecular complexity index is 626. The molecule has 2 amide bonds. The second kappa shape index (κ2) is 6.97. The predicted octanol–water partition coefficient (Wildman–Crippen LogP) is 0.855. The van der Waals surface area contributed by atoms with Crippen LogP contribution >= 0.6 is 11.6 Å². The minimum absolute atomic E-state index is 0.0350. The van der Waals surface area contributed by atoms with Crippen molar-refractivity contribution in [2.45, 2.75) is 12.5 Å². The second-order valence-corrected chi connectivity index (χ2v) is 5.75. The van der Waals surface area contributed by atoms with Gasteiger partial charge in [0.1, 0.15) is 6.04 Å². The summed E-state index contributed by atoms with van der Waals surface area (Å²) >= 11 is 5.82. The predicted molar refractivity (Wildman–Crippen MR) is 86.5 cm³/mol. The number of guanidine groups is 1. The Labute approximate surface area is 138 Å². The molecule has 0 aliphatic carbocycles. The zero-order valence-corrected chi connectivity index (χ0v) is 13.2. The van der Waals surface area contributed by atoms with E-state index in [2.05, 4.69) is 15.6 Å². The average Bonchev–Trinajstić information content (AvgIpc) is 2.57. The molecule has 122 valence electrons. The Morgan fingerprint density at radius 1 is 1.30 bits per heavy atom. The van der Waals surface area contributed by atoms with Crippen LogP contribution in [0.15, 0.2) is 29.3 Å². The molecular weight excluding hydrogens is 320 g/mol. The van der Waals surface area contributed by atoms with E-state index < -0.39 is 6.04 Å². The fourth-order valence-electron chi connectivity index (χ4n) is 2.42. The van der Waals surface area contributed by atoms with E-state index in [0.717, 1.165) is 0 Å². The van der Waals surface area contributed by atoms with Crippen molar-refractivity contribution < 1.29 is 14.3 Å². The number of aliphatic imine (C=N–C) groups is 1. The van der Waals surface area contributed by atoms with Crippen LogP contribution in [0.2, 0.25) is 5.02 Å². The fourth-order valence-corrected chi connectivity index (χ4v) is 2.55. The van der Waals surface area contributed by atoms with E-state index in [1.165, 1.54) is 0 Å². The third kappa shape index (κ3) is 4.00. The van der Waals surface area contributed by atoms with E-state index in [4.69, 9.17) is 16.3 Å². The summed E-state index contributed by atoms with van der Waals surface area (Å²) in [5.41, 5.74) is 0.619. The molecular formula is C15H17ClN4O3. The topological polar surface area (TPSA) is 83.0 Å². The molecule has 1 aromatic rings. The Morgan fingerprint density at radius 2 is 2.00 bits per heavy atom. The van der Waals surface area contributed by atoms with Crippen molar-refractivity contribution in [1.82, 2.24) is 10.2 Å². The highest BCUT2D eigenvalue weighted by Crippen LogP contribution is 2.15. The summed E-state index contributed by atoms with van der Waals surface area (Å²) in [6, 6.07) is 6.04. The molecule has 2 heterocycles. The molecule has 3 rings (SSSR count). The van der Waals surface area contributed by atoms with E-state index in [-0.39, 0.29) is 18.2 Å². The number of hydrogen-bond donors (Lipinski definition) is 2. The number of amides is 2. The van der Waals surface area contributed by atoms with Crippen molar-refractivity contribution >= 4 is 35.1 Å². The molecule has 23 heavy (non-hydrogen) atoms. The van der Waals surface area contributed by atoms with Crippen LogP contribution in [0.4, 0.5) is 5.69 Å². The molecule has 8 heteroatoms. The molecule has 2 N–H and O–H groups in total. The number of halogens is 1. The minimum atomic E-state index is -0.739. The molecule has 1 atom stereocenters. The lowest BCUT2D eigenvalue weighted by Gasteiger charge is -2.32. The van der Waals surface area contributed by atoms with E-state index in [1.807, 2.05) is 4.90 Å². The second-order valence-electron chi connectivity index (χ2n) is 5.32. The summed E-state index contributed by atoms with van der Waals surface area (Å²) in [6.07, 6.45) is 0.0350. The normalized spacial score (nSPS) is 21.4. The molecule has 2 aliphatic rings. The maximum atomic E-state index is 12.4. The van der Waals surface area contributed by atoms with E-state index in [1.54, 1.807) is 24.3 Å². The highest BCUT2D eigenvalue weighted by atomic mass is 35.5. The van der Waals surface area contributed by atoms with Gasteiger partial charge < -0.3 is 15.0 Å². The summed E-state index contributed by atoms with van der Waals surface area (Å²) in [6.45, 7) is 2.45. The molecule has 0 saturated carbocycles. The van der Waals surface area contributed by atoms with Crippen molar-refractivity contribution in [3.8, 4) is 0 Å². The van der Waals surface area contributed by atoms with Crippen LogP contribution < -0.4 is 10.6 Å². The molecule has 0 unspecified atom stereocenters. The highest BCUT2D eigenvalue weighted by molar-refractivity contribution is 6.30. The molecule has 7 nitrogen and oxygen atoms in total. The minimum Gasteiger partial charge on any atom is -0.378 e. The highest BCUT2D eigenvalue weighted by Gasteiger charge is 2.29. The van der Waals surface area contributed by atoms with Gasteiger partial charge in [0.2, 0.25) is 17.8 Å². The number of hydrogen-bond acceptors (Lipinski definition) is 5. The SMILES string of the molecule is O=C1C[C@H](C(=O)Nc2ccc(Cl)cc2)N=C(N2CCOCC2)N1. The molecule has 0 aromatic heterocycles. The lowest BCUT2D eigenvalue weighted by atomic mass is 10.1. The summed E-state index contributed by atoms with van der Waals surface area (Å²) in [4.78, 5) is 30.5. The van der Waals surface area contributed by atoms with Gasteiger partial charge in [-0.15, -0.1) is 0 Å². The molecule has 0 spiro atoms.